The van der Waals surface area contributed by atoms with Gasteiger partial charge < -0.3 is 10.6 Å². The first kappa shape index (κ1) is 17.5. The van der Waals surface area contributed by atoms with Gasteiger partial charge in [0.1, 0.15) is 0 Å². The number of hydrogen-bond donors (Lipinski definition) is 3. The number of aromatic amines is 1. The van der Waals surface area contributed by atoms with Crippen molar-refractivity contribution in [3.05, 3.63) is 47.2 Å². The normalized spacial score (nSPS) is 18.3. The highest BCUT2D eigenvalue weighted by Crippen LogP contribution is 2.25. The second-order valence-corrected chi connectivity index (χ2v) is 7.82. The number of rotatable bonds is 4. The molecule has 1 aliphatic carbocycles. The Kier molecular flexibility index (Phi) is 5.51. The molecule has 138 valence electrons. The van der Waals surface area contributed by atoms with E-state index >= 15 is 0 Å². The fourth-order valence-electron chi connectivity index (χ4n) is 4.03. The number of H-pyrrole nitrogens is 1. The third kappa shape index (κ3) is 4.24. The molecule has 1 saturated carbocycles. The minimum absolute atomic E-state index is 0.514. The third-order valence-corrected chi connectivity index (χ3v) is 5.65. The van der Waals surface area contributed by atoms with Crippen molar-refractivity contribution in [1.29, 1.82) is 0 Å². The topological polar surface area (TPSA) is 56.0 Å². The number of fused-ring (bicyclic) bond motifs is 1. The fourth-order valence-corrected chi connectivity index (χ4v) is 4.29. The largest absolute Gasteiger partial charge is 0.360 e. The number of nitrogens with one attached hydrogen (secondary N) is 3. The molecule has 0 saturated heterocycles. The number of nitrogens with zero attached hydrogens (tertiary/aromatic N) is 2. The van der Waals surface area contributed by atoms with Gasteiger partial charge in [-0.05, 0) is 37.0 Å². The fraction of sp³-hybridized carbons (Fsp3) is 0.500. The molecule has 2 aliphatic rings. The maximum absolute atomic E-state index is 5.51. The quantitative estimate of drug-likeness (QED) is 0.719. The number of anilines is 1. The highest BCUT2D eigenvalue weighted by Gasteiger charge is 2.23. The van der Waals surface area contributed by atoms with Gasteiger partial charge in [-0.2, -0.15) is 5.10 Å². The Morgan fingerprint density at radius 1 is 1.19 bits per heavy atom. The zero-order valence-electron chi connectivity index (χ0n) is 15.1. The number of benzene rings is 1. The van der Waals surface area contributed by atoms with E-state index in [1.54, 1.807) is 0 Å². The van der Waals surface area contributed by atoms with Gasteiger partial charge in [-0.15, -0.1) is 0 Å². The van der Waals surface area contributed by atoms with Gasteiger partial charge in [0, 0.05) is 31.2 Å². The van der Waals surface area contributed by atoms with Crippen LogP contribution in [0.25, 0.3) is 0 Å². The molecule has 26 heavy (non-hydrogen) atoms. The second-order valence-electron chi connectivity index (χ2n) is 7.41. The monoisotopic (exact) mass is 369 g/mol. The molecule has 2 aromatic rings. The van der Waals surface area contributed by atoms with Crippen LogP contribution in [0.5, 0.6) is 0 Å². The minimum Gasteiger partial charge on any atom is -0.360 e. The number of hydrogen-bond acceptors (Lipinski definition) is 3. The maximum Gasteiger partial charge on any atom is 0.172 e. The van der Waals surface area contributed by atoms with E-state index in [0.717, 1.165) is 31.9 Å². The summed E-state index contributed by atoms with van der Waals surface area (Å²) >= 11 is 5.51. The van der Waals surface area contributed by atoms with Crippen LogP contribution >= 0.6 is 12.2 Å². The first-order chi connectivity index (χ1) is 12.8. The zero-order valence-corrected chi connectivity index (χ0v) is 15.9. The Labute approximate surface area is 160 Å². The summed E-state index contributed by atoms with van der Waals surface area (Å²) in [5.74, 6) is 0.896. The molecule has 4 rings (SSSR count). The molecule has 0 radical (unpaired) electrons. The Hall–Kier alpha value is -1.92. The van der Waals surface area contributed by atoms with Crippen LogP contribution in [0.15, 0.2) is 30.3 Å². The highest BCUT2D eigenvalue weighted by atomic mass is 32.1. The van der Waals surface area contributed by atoms with Crippen molar-refractivity contribution < 1.29 is 0 Å². The smallest absolute Gasteiger partial charge is 0.172 e. The van der Waals surface area contributed by atoms with Crippen LogP contribution in [0.4, 0.5) is 5.82 Å². The van der Waals surface area contributed by atoms with E-state index in [4.69, 9.17) is 12.2 Å². The van der Waals surface area contributed by atoms with Crippen LogP contribution in [0, 0.1) is 0 Å². The molecule has 0 spiro atoms. The molecule has 0 amide bonds. The predicted octanol–water partition coefficient (Wildman–Crippen LogP) is 3.59. The van der Waals surface area contributed by atoms with Crippen LogP contribution in [-0.2, 0) is 19.5 Å². The lowest BCUT2D eigenvalue weighted by Gasteiger charge is -2.27. The van der Waals surface area contributed by atoms with Gasteiger partial charge >= 0.3 is 0 Å². The molecule has 0 atom stereocenters. The van der Waals surface area contributed by atoms with E-state index in [0.29, 0.717) is 11.2 Å². The van der Waals surface area contributed by atoms with E-state index < -0.39 is 0 Å². The summed E-state index contributed by atoms with van der Waals surface area (Å²) in [6.07, 6.45) is 7.38. The van der Waals surface area contributed by atoms with E-state index in [1.807, 2.05) is 0 Å². The Morgan fingerprint density at radius 2 is 2.00 bits per heavy atom. The van der Waals surface area contributed by atoms with E-state index in [2.05, 4.69) is 56.1 Å². The van der Waals surface area contributed by atoms with Gasteiger partial charge in [-0.3, -0.25) is 10.00 Å². The molecule has 1 aliphatic heterocycles. The molecule has 2 heterocycles. The highest BCUT2D eigenvalue weighted by molar-refractivity contribution is 7.80. The molecule has 1 fully saturated rings. The second kappa shape index (κ2) is 8.18. The van der Waals surface area contributed by atoms with Crippen molar-refractivity contribution in [3.63, 3.8) is 0 Å². The maximum atomic E-state index is 5.51. The van der Waals surface area contributed by atoms with Crippen molar-refractivity contribution in [3.8, 4) is 0 Å². The average Bonchev–Trinajstić information content (AvgIpc) is 3.05. The Morgan fingerprint density at radius 3 is 2.81 bits per heavy atom. The average molecular weight is 370 g/mol. The Bertz CT molecular complexity index is 736. The number of thiocarbonyl (C=S) groups is 1. The van der Waals surface area contributed by atoms with Crippen molar-refractivity contribution >= 4 is 23.1 Å². The van der Waals surface area contributed by atoms with Gasteiger partial charge in [0.25, 0.3) is 0 Å². The summed E-state index contributed by atoms with van der Waals surface area (Å²) in [5, 5.41) is 15.2. The van der Waals surface area contributed by atoms with Crippen molar-refractivity contribution in [1.82, 2.24) is 20.4 Å². The lowest BCUT2D eigenvalue weighted by atomic mass is 9.96. The molecule has 1 aromatic heterocycles. The first-order valence-electron chi connectivity index (χ1n) is 9.68. The summed E-state index contributed by atoms with van der Waals surface area (Å²) in [7, 11) is 0. The standard InChI is InChI=1S/C20H27N5S/c26-20(21-16-9-5-2-6-10-16)22-19-17-11-12-25(14-18(17)23-24-19)13-15-7-3-1-4-8-15/h1,3-4,7-8,16H,2,5-6,9-14H2,(H3,21,22,23,24,26). The van der Waals surface area contributed by atoms with Gasteiger partial charge in [0.05, 0.1) is 5.69 Å². The zero-order chi connectivity index (χ0) is 17.8. The van der Waals surface area contributed by atoms with Gasteiger partial charge in [0.2, 0.25) is 0 Å². The molecule has 0 bridgehead atoms. The first-order valence-corrected chi connectivity index (χ1v) is 10.1. The molecule has 3 N–H and O–H groups in total. The van der Waals surface area contributed by atoms with Gasteiger partial charge in [-0.25, -0.2) is 0 Å². The minimum atomic E-state index is 0.514. The van der Waals surface area contributed by atoms with Crippen LogP contribution in [-0.4, -0.2) is 32.8 Å². The number of aromatic nitrogens is 2. The molecule has 1 aromatic carbocycles. The van der Waals surface area contributed by atoms with E-state index in [1.165, 1.54) is 48.9 Å². The van der Waals surface area contributed by atoms with Crippen LogP contribution in [0.3, 0.4) is 0 Å². The van der Waals surface area contributed by atoms with Gasteiger partial charge in [0.15, 0.2) is 10.9 Å². The van der Waals surface area contributed by atoms with E-state index in [9.17, 15) is 0 Å². The summed E-state index contributed by atoms with van der Waals surface area (Å²) < 4.78 is 0. The molecule has 0 unspecified atom stereocenters. The van der Waals surface area contributed by atoms with Crippen LogP contribution < -0.4 is 10.6 Å². The van der Waals surface area contributed by atoms with Crippen LogP contribution in [0.1, 0.15) is 48.9 Å². The predicted molar refractivity (Wildman–Crippen MR) is 109 cm³/mol. The van der Waals surface area contributed by atoms with E-state index in [-0.39, 0.29) is 0 Å². The Balaban J connectivity index is 1.34. The lowest BCUT2D eigenvalue weighted by Crippen LogP contribution is -2.39. The SMILES string of the molecule is S=C(Nc1n[nH]c2c1CCN(Cc1ccccc1)C2)NC1CCCCC1. The van der Waals surface area contributed by atoms with Crippen molar-refractivity contribution in [2.45, 2.75) is 57.7 Å². The summed E-state index contributed by atoms with van der Waals surface area (Å²) in [6.45, 7) is 2.92. The molecular formula is C20H27N5S. The lowest BCUT2D eigenvalue weighted by molar-refractivity contribution is 0.242. The summed E-state index contributed by atoms with van der Waals surface area (Å²) in [4.78, 5) is 2.46. The third-order valence-electron chi connectivity index (χ3n) is 5.43. The molecule has 5 nitrogen and oxygen atoms in total. The van der Waals surface area contributed by atoms with Crippen molar-refractivity contribution in [2.75, 3.05) is 11.9 Å². The molecule has 6 heteroatoms. The summed E-state index contributed by atoms with van der Waals surface area (Å²) in [5.41, 5.74) is 3.84. The van der Waals surface area contributed by atoms with Crippen LogP contribution in [0.2, 0.25) is 0 Å². The summed E-state index contributed by atoms with van der Waals surface area (Å²) in [6, 6.07) is 11.1. The van der Waals surface area contributed by atoms with Gasteiger partial charge in [-0.1, -0.05) is 49.6 Å². The molecular weight excluding hydrogens is 342 g/mol. The van der Waals surface area contributed by atoms with Crippen molar-refractivity contribution in [2.24, 2.45) is 0 Å².